The van der Waals surface area contributed by atoms with Crippen LogP contribution >= 0.6 is 0 Å². The molecule has 0 saturated heterocycles. The lowest BCUT2D eigenvalue weighted by molar-refractivity contribution is 0.436. The van der Waals surface area contributed by atoms with Gasteiger partial charge in [-0.3, -0.25) is 0 Å². The van der Waals surface area contributed by atoms with Crippen LogP contribution in [0.1, 0.15) is 0 Å². The smallest absolute Gasteiger partial charge is 0.0814 e. The van der Waals surface area contributed by atoms with E-state index in [4.69, 9.17) is 13.3 Å². The summed E-state index contributed by atoms with van der Waals surface area (Å²) in [6, 6.07) is 0. The SMILES string of the molecule is C=C.O=S([O-])O. The Balaban J connectivity index is 0. The molecule has 6 heavy (non-hydrogen) atoms. The molecular weight excluding hydrogens is 104 g/mol. The Morgan fingerprint density at radius 1 is 1.67 bits per heavy atom. The van der Waals surface area contributed by atoms with E-state index >= 15 is 0 Å². The van der Waals surface area contributed by atoms with Crippen molar-refractivity contribution < 1.29 is 13.3 Å². The van der Waals surface area contributed by atoms with Crippen LogP contribution in [0, 0.1) is 0 Å². The highest BCUT2D eigenvalue weighted by Gasteiger charge is 1.42. The van der Waals surface area contributed by atoms with E-state index in [2.05, 4.69) is 13.2 Å². The first-order valence-electron chi connectivity index (χ1n) is 1.02. The Bertz CT molecular complexity index is 40.1. The second-order valence-electron chi connectivity index (χ2n) is 0.217. The van der Waals surface area contributed by atoms with Crippen molar-refractivity contribution >= 4 is 11.4 Å². The Morgan fingerprint density at radius 2 is 1.67 bits per heavy atom. The molecule has 38 valence electrons. The summed E-state index contributed by atoms with van der Waals surface area (Å²) >= 11 is -2.86. The second kappa shape index (κ2) is 8.84. The molecule has 4 heteroatoms. The van der Waals surface area contributed by atoms with Crippen LogP contribution in [0.4, 0.5) is 0 Å². The van der Waals surface area contributed by atoms with Crippen molar-refractivity contribution in [3.8, 4) is 0 Å². The fourth-order valence-electron chi connectivity index (χ4n) is 0. The molecule has 0 saturated carbocycles. The molecule has 1 unspecified atom stereocenters. The molecule has 0 aliphatic carbocycles. The number of hydrogen-bond donors (Lipinski definition) is 1. The third-order valence-electron chi connectivity index (χ3n) is 0. The first-order chi connectivity index (χ1) is 2.73. The van der Waals surface area contributed by atoms with Crippen LogP contribution in [0.25, 0.3) is 0 Å². The van der Waals surface area contributed by atoms with Gasteiger partial charge in [-0.25, -0.2) is 4.21 Å². The minimum atomic E-state index is -2.86. The van der Waals surface area contributed by atoms with E-state index in [1.807, 2.05) is 0 Å². The van der Waals surface area contributed by atoms with Crippen LogP contribution in [-0.4, -0.2) is 13.3 Å². The summed E-state index contributed by atoms with van der Waals surface area (Å²) in [7, 11) is 0. The van der Waals surface area contributed by atoms with E-state index < -0.39 is 11.4 Å². The molecule has 0 rings (SSSR count). The van der Waals surface area contributed by atoms with Crippen LogP contribution in [0.3, 0.4) is 0 Å². The fourth-order valence-corrected chi connectivity index (χ4v) is 0. The molecule has 0 spiro atoms. The summed E-state index contributed by atoms with van der Waals surface area (Å²) in [5.41, 5.74) is 0. The van der Waals surface area contributed by atoms with Crippen LogP contribution < -0.4 is 0 Å². The molecule has 0 heterocycles. The Hall–Kier alpha value is -0.190. The quantitative estimate of drug-likeness (QED) is 0.355. The zero-order chi connectivity index (χ0) is 5.58. The highest BCUT2D eigenvalue weighted by Crippen LogP contribution is 1.43. The first-order valence-corrected chi connectivity index (χ1v) is 2.05. The van der Waals surface area contributed by atoms with Gasteiger partial charge in [-0.05, 0) is 0 Å². The molecule has 0 bridgehead atoms. The molecule has 1 atom stereocenters. The largest absolute Gasteiger partial charge is 0.750 e. The highest BCUT2D eigenvalue weighted by molar-refractivity contribution is 7.73. The monoisotopic (exact) mass is 109 g/mol. The maximum absolute atomic E-state index is 8.56. The Kier molecular flexibility index (Phi) is 13.6. The van der Waals surface area contributed by atoms with Gasteiger partial charge in [0.15, 0.2) is 0 Å². The highest BCUT2D eigenvalue weighted by atomic mass is 32.2. The lowest BCUT2D eigenvalue weighted by Crippen LogP contribution is -1.75. The lowest BCUT2D eigenvalue weighted by atomic mass is 11.3. The van der Waals surface area contributed by atoms with Crippen LogP contribution in [0.2, 0.25) is 0 Å². The van der Waals surface area contributed by atoms with Crippen molar-refractivity contribution in [2.45, 2.75) is 0 Å². The molecule has 0 aromatic carbocycles. The maximum atomic E-state index is 8.56. The van der Waals surface area contributed by atoms with Crippen molar-refractivity contribution in [1.82, 2.24) is 0 Å². The van der Waals surface area contributed by atoms with Gasteiger partial charge in [-0.1, -0.05) is 0 Å². The third kappa shape index (κ3) is 833. The van der Waals surface area contributed by atoms with Gasteiger partial charge >= 0.3 is 0 Å². The van der Waals surface area contributed by atoms with E-state index in [9.17, 15) is 0 Å². The van der Waals surface area contributed by atoms with Gasteiger partial charge in [0, 0.05) is 0 Å². The van der Waals surface area contributed by atoms with Crippen LogP contribution in [-0.2, 0) is 11.4 Å². The molecule has 0 aromatic rings. The van der Waals surface area contributed by atoms with Gasteiger partial charge in [0.25, 0.3) is 0 Å². The fraction of sp³-hybridized carbons (Fsp3) is 0. The Labute approximate surface area is 38.8 Å². The summed E-state index contributed by atoms with van der Waals surface area (Å²) in [4.78, 5) is 0. The predicted molar refractivity (Wildman–Crippen MR) is 22.8 cm³/mol. The van der Waals surface area contributed by atoms with Crippen LogP contribution in [0.15, 0.2) is 13.2 Å². The van der Waals surface area contributed by atoms with Crippen molar-refractivity contribution in [2.75, 3.05) is 0 Å². The molecule has 0 radical (unpaired) electrons. The molecule has 0 amide bonds. The average Bonchev–Trinajstić information content (AvgIpc) is 1.41. The van der Waals surface area contributed by atoms with E-state index in [1.54, 1.807) is 0 Å². The first kappa shape index (κ1) is 9.26. The van der Waals surface area contributed by atoms with Crippen molar-refractivity contribution in [1.29, 1.82) is 0 Å². The van der Waals surface area contributed by atoms with E-state index in [0.717, 1.165) is 0 Å². The average molecular weight is 109 g/mol. The Morgan fingerprint density at radius 3 is 1.67 bits per heavy atom. The zero-order valence-corrected chi connectivity index (χ0v) is 3.90. The molecular formula is C2H5O3S-. The summed E-state index contributed by atoms with van der Waals surface area (Å²) in [5, 5.41) is 0. The summed E-state index contributed by atoms with van der Waals surface area (Å²) in [5.74, 6) is 0. The minimum absolute atomic E-state index is 2.86. The molecule has 0 fully saturated rings. The maximum Gasteiger partial charge on any atom is 0.0814 e. The van der Waals surface area contributed by atoms with Gasteiger partial charge < -0.3 is 9.11 Å². The molecule has 0 aliphatic rings. The van der Waals surface area contributed by atoms with E-state index in [-0.39, 0.29) is 0 Å². The molecule has 3 nitrogen and oxygen atoms in total. The van der Waals surface area contributed by atoms with E-state index in [0.29, 0.717) is 0 Å². The summed E-state index contributed by atoms with van der Waals surface area (Å²) in [6.45, 7) is 6.00. The predicted octanol–water partition coefficient (Wildman–Crippen LogP) is 0.141. The van der Waals surface area contributed by atoms with Gasteiger partial charge in [-0.2, -0.15) is 0 Å². The molecule has 0 aliphatic heterocycles. The van der Waals surface area contributed by atoms with Gasteiger partial charge in [0.2, 0.25) is 0 Å². The van der Waals surface area contributed by atoms with Crippen LogP contribution in [0.5, 0.6) is 0 Å². The van der Waals surface area contributed by atoms with Crippen molar-refractivity contribution in [3.05, 3.63) is 13.2 Å². The third-order valence-corrected chi connectivity index (χ3v) is 0. The number of hydrogen-bond acceptors (Lipinski definition) is 2. The van der Waals surface area contributed by atoms with Crippen molar-refractivity contribution in [3.63, 3.8) is 0 Å². The van der Waals surface area contributed by atoms with Crippen molar-refractivity contribution in [2.24, 2.45) is 0 Å². The molecule has 1 N–H and O–H groups in total. The van der Waals surface area contributed by atoms with Gasteiger partial charge in [0.05, 0.1) is 11.4 Å². The number of rotatable bonds is 0. The summed E-state index contributed by atoms with van der Waals surface area (Å²) in [6.07, 6.45) is 0. The van der Waals surface area contributed by atoms with Gasteiger partial charge in [0.1, 0.15) is 0 Å². The zero-order valence-electron chi connectivity index (χ0n) is 3.09. The minimum Gasteiger partial charge on any atom is -0.750 e. The standard InChI is InChI=1S/C2H4.H2O3S/c1-2;1-4(2)3/h1-2H2;(H2,1,2,3)/p-1. The van der Waals surface area contributed by atoms with Gasteiger partial charge in [-0.15, -0.1) is 13.2 Å². The second-order valence-corrected chi connectivity index (χ2v) is 0.651. The normalized spacial score (nSPS) is 11.0. The summed E-state index contributed by atoms with van der Waals surface area (Å²) < 4.78 is 24.1. The molecule has 0 aromatic heterocycles. The topological polar surface area (TPSA) is 60.4 Å². The van der Waals surface area contributed by atoms with E-state index in [1.165, 1.54) is 0 Å². The lowest BCUT2D eigenvalue weighted by Gasteiger charge is -1.83.